The fourth-order valence-corrected chi connectivity index (χ4v) is 2.59. The highest BCUT2D eigenvalue weighted by Gasteiger charge is 2.07. The van der Waals surface area contributed by atoms with E-state index in [0.717, 1.165) is 0 Å². The SMILES string of the molecule is CCNC(=NCc1ccc(Oc2cccnc2)c(F)c1)NCc1ccccc1F. The van der Waals surface area contributed by atoms with Crippen LogP contribution in [0.2, 0.25) is 0 Å². The number of rotatable bonds is 7. The number of hydrogen-bond donors (Lipinski definition) is 2. The molecule has 0 saturated carbocycles. The van der Waals surface area contributed by atoms with Crippen LogP contribution in [0.15, 0.2) is 72.0 Å². The number of hydrogen-bond acceptors (Lipinski definition) is 3. The van der Waals surface area contributed by atoms with E-state index in [9.17, 15) is 8.78 Å². The van der Waals surface area contributed by atoms with Gasteiger partial charge in [-0.25, -0.2) is 13.8 Å². The second kappa shape index (κ2) is 10.2. The predicted molar refractivity (Wildman–Crippen MR) is 109 cm³/mol. The maximum atomic E-state index is 14.4. The van der Waals surface area contributed by atoms with Crippen molar-refractivity contribution in [3.05, 3.63) is 89.8 Å². The van der Waals surface area contributed by atoms with Gasteiger partial charge in [0, 0.05) is 24.8 Å². The summed E-state index contributed by atoms with van der Waals surface area (Å²) in [4.78, 5) is 8.37. The Morgan fingerprint density at radius 1 is 1.03 bits per heavy atom. The third-order valence-electron chi connectivity index (χ3n) is 4.03. The van der Waals surface area contributed by atoms with E-state index in [2.05, 4.69) is 20.6 Å². The minimum Gasteiger partial charge on any atom is -0.453 e. The molecule has 3 aromatic rings. The molecule has 0 radical (unpaired) electrons. The Labute approximate surface area is 168 Å². The summed E-state index contributed by atoms with van der Waals surface area (Å²) in [5.74, 6) is 0.346. The van der Waals surface area contributed by atoms with Gasteiger partial charge in [-0.15, -0.1) is 0 Å². The summed E-state index contributed by atoms with van der Waals surface area (Å²) in [6.07, 6.45) is 3.13. The fourth-order valence-electron chi connectivity index (χ4n) is 2.59. The van der Waals surface area contributed by atoms with Crippen LogP contribution in [0.1, 0.15) is 18.1 Å². The van der Waals surface area contributed by atoms with Crippen molar-refractivity contribution in [1.82, 2.24) is 15.6 Å². The molecule has 0 spiro atoms. The molecule has 0 unspecified atom stereocenters. The molecule has 5 nitrogen and oxygen atoms in total. The van der Waals surface area contributed by atoms with E-state index in [0.29, 0.717) is 35.9 Å². The third-order valence-corrected chi connectivity index (χ3v) is 4.03. The van der Waals surface area contributed by atoms with Crippen LogP contribution in [0.3, 0.4) is 0 Å². The highest BCUT2D eigenvalue weighted by molar-refractivity contribution is 5.79. The standard InChI is InChI=1S/C22H22F2N4O/c1-2-26-22(28-14-17-6-3-4-8-19(17)23)27-13-16-9-10-21(20(24)12-16)29-18-7-5-11-25-15-18/h3-12,15H,2,13-14H2,1H3,(H2,26,27,28). The van der Waals surface area contributed by atoms with Crippen molar-refractivity contribution >= 4 is 5.96 Å². The molecule has 0 bridgehead atoms. The quantitative estimate of drug-likeness (QED) is 0.459. The molecule has 2 aromatic carbocycles. The zero-order valence-corrected chi connectivity index (χ0v) is 16.0. The van der Waals surface area contributed by atoms with Crippen LogP contribution in [-0.4, -0.2) is 17.5 Å². The number of nitrogens with zero attached hydrogens (tertiary/aromatic N) is 2. The van der Waals surface area contributed by atoms with Gasteiger partial charge in [0.15, 0.2) is 17.5 Å². The number of benzene rings is 2. The van der Waals surface area contributed by atoms with Crippen LogP contribution in [0.4, 0.5) is 8.78 Å². The van der Waals surface area contributed by atoms with Crippen LogP contribution in [0.25, 0.3) is 0 Å². The first-order valence-electron chi connectivity index (χ1n) is 9.27. The molecular formula is C22H22F2N4O. The lowest BCUT2D eigenvalue weighted by molar-refractivity contribution is 0.440. The Bertz CT molecular complexity index is 964. The van der Waals surface area contributed by atoms with Gasteiger partial charge in [0.1, 0.15) is 11.6 Å². The molecule has 0 amide bonds. The van der Waals surface area contributed by atoms with Crippen molar-refractivity contribution in [3.63, 3.8) is 0 Å². The number of aromatic nitrogens is 1. The van der Waals surface area contributed by atoms with Crippen LogP contribution < -0.4 is 15.4 Å². The number of aliphatic imine (C=N–C) groups is 1. The molecule has 0 fully saturated rings. The average molecular weight is 396 g/mol. The largest absolute Gasteiger partial charge is 0.453 e. The third kappa shape index (κ3) is 6.00. The van der Waals surface area contributed by atoms with E-state index >= 15 is 0 Å². The molecule has 0 saturated heterocycles. The molecule has 2 N–H and O–H groups in total. The zero-order valence-electron chi connectivity index (χ0n) is 16.0. The van der Waals surface area contributed by atoms with E-state index < -0.39 is 5.82 Å². The average Bonchev–Trinajstić information content (AvgIpc) is 2.74. The van der Waals surface area contributed by atoms with Crippen molar-refractivity contribution in [2.75, 3.05) is 6.54 Å². The summed E-state index contributed by atoms with van der Waals surface area (Å²) in [6, 6.07) is 14.7. The topological polar surface area (TPSA) is 58.5 Å². The Morgan fingerprint density at radius 2 is 1.90 bits per heavy atom. The van der Waals surface area contributed by atoms with Gasteiger partial charge in [-0.05, 0) is 42.8 Å². The normalized spacial score (nSPS) is 11.2. The minimum absolute atomic E-state index is 0.121. The molecule has 150 valence electrons. The van der Waals surface area contributed by atoms with Gasteiger partial charge in [0.2, 0.25) is 0 Å². The molecule has 0 aliphatic carbocycles. The number of pyridine rings is 1. The van der Waals surface area contributed by atoms with E-state index in [4.69, 9.17) is 4.74 Å². The first-order valence-corrected chi connectivity index (χ1v) is 9.27. The Hall–Kier alpha value is -3.48. The van der Waals surface area contributed by atoms with Crippen molar-refractivity contribution in [2.45, 2.75) is 20.0 Å². The first kappa shape index (κ1) is 20.3. The van der Waals surface area contributed by atoms with Gasteiger partial charge >= 0.3 is 0 Å². The molecule has 0 aliphatic rings. The number of halogens is 2. The summed E-state index contributed by atoms with van der Waals surface area (Å²) in [7, 11) is 0. The maximum Gasteiger partial charge on any atom is 0.191 e. The van der Waals surface area contributed by atoms with E-state index in [1.54, 1.807) is 48.7 Å². The van der Waals surface area contributed by atoms with Gasteiger partial charge in [0.05, 0.1) is 12.7 Å². The smallest absolute Gasteiger partial charge is 0.191 e. The Morgan fingerprint density at radius 3 is 2.62 bits per heavy atom. The van der Waals surface area contributed by atoms with E-state index in [1.165, 1.54) is 18.3 Å². The highest BCUT2D eigenvalue weighted by atomic mass is 19.1. The van der Waals surface area contributed by atoms with Gasteiger partial charge in [-0.1, -0.05) is 24.3 Å². The summed E-state index contributed by atoms with van der Waals surface area (Å²) in [6.45, 7) is 3.14. The highest BCUT2D eigenvalue weighted by Crippen LogP contribution is 2.24. The lowest BCUT2D eigenvalue weighted by atomic mass is 10.2. The number of guanidine groups is 1. The summed E-state index contributed by atoms with van der Waals surface area (Å²) in [5, 5.41) is 6.17. The summed E-state index contributed by atoms with van der Waals surface area (Å²) < 4.78 is 33.6. The maximum absolute atomic E-state index is 14.4. The molecule has 3 rings (SSSR count). The summed E-state index contributed by atoms with van der Waals surface area (Å²) >= 11 is 0. The second-order valence-corrected chi connectivity index (χ2v) is 6.20. The summed E-state index contributed by atoms with van der Waals surface area (Å²) in [5.41, 5.74) is 1.23. The molecule has 7 heteroatoms. The lowest BCUT2D eigenvalue weighted by Crippen LogP contribution is -2.37. The van der Waals surface area contributed by atoms with Gasteiger partial charge in [0.25, 0.3) is 0 Å². The van der Waals surface area contributed by atoms with Crippen molar-refractivity contribution < 1.29 is 13.5 Å². The minimum atomic E-state index is -0.481. The first-order chi connectivity index (χ1) is 14.2. The zero-order chi connectivity index (χ0) is 20.5. The molecule has 0 atom stereocenters. The van der Waals surface area contributed by atoms with Gasteiger partial charge < -0.3 is 15.4 Å². The van der Waals surface area contributed by atoms with Crippen molar-refractivity contribution in [2.24, 2.45) is 4.99 Å². The van der Waals surface area contributed by atoms with Crippen molar-refractivity contribution in [1.29, 1.82) is 0 Å². The van der Waals surface area contributed by atoms with Crippen LogP contribution in [0, 0.1) is 11.6 Å². The molecule has 1 heterocycles. The monoisotopic (exact) mass is 396 g/mol. The second-order valence-electron chi connectivity index (χ2n) is 6.20. The number of ether oxygens (including phenoxy) is 1. The number of nitrogens with one attached hydrogen (secondary N) is 2. The van der Waals surface area contributed by atoms with E-state index in [-0.39, 0.29) is 18.1 Å². The fraction of sp³-hybridized carbons (Fsp3) is 0.182. The van der Waals surface area contributed by atoms with Crippen molar-refractivity contribution in [3.8, 4) is 11.5 Å². The van der Waals surface area contributed by atoms with Crippen LogP contribution >= 0.6 is 0 Å². The Kier molecular flexibility index (Phi) is 7.10. The lowest BCUT2D eigenvalue weighted by Gasteiger charge is -2.12. The van der Waals surface area contributed by atoms with Crippen LogP contribution in [-0.2, 0) is 13.1 Å². The van der Waals surface area contributed by atoms with Gasteiger partial charge in [-0.3, -0.25) is 4.98 Å². The molecular weight excluding hydrogens is 374 g/mol. The molecule has 1 aromatic heterocycles. The van der Waals surface area contributed by atoms with Crippen LogP contribution in [0.5, 0.6) is 11.5 Å². The molecule has 0 aliphatic heterocycles. The molecule has 29 heavy (non-hydrogen) atoms. The predicted octanol–water partition coefficient (Wildman–Crippen LogP) is 4.41. The van der Waals surface area contributed by atoms with E-state index in [1.807, 2.05) is 6.92 Å². The van der Waals surface area contributed by atoms with Gasteiger partial charge in [-0.2, -0.15) is 0 Å². The Balaban J connectivity index is 1.64.